The van der Waals surface area contributed by atoms with E-state index in [2.05, 4.69) is 0 Å². The molecule has 3 rings (SSSR count). The Morgan fingerprint density at radius 2 is 1.67 bits per heavy atom. The predicted molar refractivity (Wildman–Crippen MR) is 75.3 cm³/mol. The lowest BCUT2D eigenvalue weighted by molar-refractivity contribution is 0.0696. The van der Waals surface area contributed by atoms with E-state index in [4.69, 9.17) is 0 Å². The van der Waals surface area contributed by atoms with Crippen molar-refractivity contribution in [3.8, 4) is 0 Å². The molecular weight excluding hydrogens is 275 g/mol. The maximum absolute atomic E-state index is 13.4. The van der Waals surface area contributed by atoms with E-state index in [1.165, 1.54) is 18.2 Å². The van der Waals surface area contributed by atoms with E-state index < -0.39 is 17.8 Å². The Kier molecular flexibility index (Phi) is 2.83. The molecule has 0 spiro atoms. The number of hydrogen-bond donors (Lipinski definition) is 2. The van der Waals surface area contributed by atoms with Crippen LogP contribution in [-0.2, 0) is 0 Å². The Balaban J connectivity index is 2.63. The van der Waals surface area contributed by atoms with Gasteiger partial charge in [0.25, 0.3) is 0 Å². The van der Waals surface area contributed by atoms with E-state index in [9.17, 15) is 24.2 Å². The molecule has 0 radical (unpaired) electrons. The van der Waals surface area contributed by atoms with Crippen LogP contribution in [0, 0.1) is 5.82 Å². The number of aromatic carboxylic acids is 2. The van der Waals surface area contributed by atoms with Gasteiger partial charge in [0.1, 0.15) is 5.82 Å². The molecule has 0 heterocycles. The van der Waals surface area contributed by atoms with Crippen molar-refractivity contribution in [3.05, 3.63) is 59.4 Å². The van der Waals surface area contributed by atoms with Crippen molar-refractivity contribution < 1.29 is 24.2 Å². The molecule has 0 aliphatic heterocycles. The normalized spacial score (nSPS) is 10.9. The third kappa shape index (κ3) is 1.99. The molecule has 0 amide bonds. The Morgan fingerprint density at radius 1 is 0.905 bits per heavy atom. The first-order valence-electron chi connectivity index (χ1n) is 6.10. The van der Waals surface area contributed by atoms with Crippen LogP contribution in [0.3, 0.4) is 0 Å². The lowest BCUT2D eigenvalue weighted by Crippen LogP contribution is -2.05. The number of carbonyl (C=O) groups is 2. The lowest BCUT2D eigenvalue weighted by Gasteiger charge is -2.10. The summed E-state index contributed by atoms with van der Waals surface area (Å²) in [5.74, 6) is -3.08. The summed E-state index contributed by atoms with van der Waals surface area (Å²) < 4.78 is 13.4. The Labute approximate surface area is 118 Å². The van der Waals surface area contributed by atoms with Crippen LogP contribution in [0.5, 0.6) is 0 Å². The average Bonchev–Trinajstić information content (AvgIpc) is 2.43. The van der Waals surface area contributed by atoms with E-state index in [0.717, 1.165) is 6.07 Å². The first kappa shape index (κ1) is 13.1. The summed E-state index contributed by atoms with van der Waals surface area (Å²) in [5.41, 5.74) is -0.309. The molecule has 3 aromatic rings. The second kappa shape index (κ2) is 4.56. The summed E-state index contributed by atoms with van der Waals surface area (Å²) in [4.78, 5) is 22.9. The molecule has 4 nitrogen and oxygen atoms in total. The molecule has 0 atom stereocenters. The molecule has 0 unspecified atom stereocenters. The Morgan fingerprint density at radius 3 is 2.33 bits per heavy atom. The van der Waals surface area contributed by atoms with Gasteiger partial charge in [0.2, 0.25) is 0 Å². The SMILES string of the molecule is O=C(O)c1cccc2cc3ccc(F)cc3c(C(=O)O)c12. The van der Waals surface area contributed by atoms with Crippen molar-refractivity contribution in [3.63, 3.8) is 0 Å². The van der Waals surface area contributed by atoms with Gasteiger partial charge in [-0.3, -0.25) is 0 Å². The summed E-state index contributed by atoms with van der Waals surface area (Å²) in [7, 11) is 0. The standard InChI is InChI=1S/C16H9FO4/c17-10-5-4-8-6-9-2-1-3-11(15(18)19)13(9)14(16(20)21)12(8)7-10/h1-7H,(H,18,19)(H,20,21). The Hall–Kier alpha value is -2.95. The van der Waals surface area contributed by atoms with Crippen molar-refractivity contribution in [1.82, 2.24) is 0 Å². The van der Waals surface area contributed by atoms with Gasteiger partial charge in [0.15, 0.2) is 0 Å². The summed E-state index contributed by atoms with van der Waals surface area (Å²) in [6.45, 7) is 0. The zero-order valence-corrected chi connectivity index (χ0v) is 10.6. The summed E-state index contributed by atoms with van der Waals surface area (Å²) in [5, 5.41) is 20.0. The van der Waals surface area contributed by atoms with Crippen LogP contribution in [0.2, 0.25) is 0 Å². The molecule has 0 aromatic heterocycles. The molecule has 0 aliphatic rings. The molecule has 104 valence electrons. The molecule has 5 heteroatoms. The molecule has 0 fully saturated rings. The van der Waals surface area contributed by atoms with Crippen LogP contribution in [0.1, 0.15) is 20.7 Å². The van der Waals surface area contributed by atoms with E-state index in [0.29, 0.717) is 10.8 Å². The molecule has 3 aromatic carbocycles. The fraction of sp³-hybridized carbons (Fsp3) is 0. The number of hydrogen-bond acceptors (Lipinski definition) is 2. The quantitative estimate of drug-likeness (QED) is 0.706. The van der Waals surface area contributed by atoms with Gasteiger partial charge in [-0.2, -0.15) is 0 Å². The number of halogens is 1. The van der Waals surface area contributed by atoms with Crippen LogP contribution in [0.15, 0.2) is 42.5 Å². The molecule has 2 N–H and O–H groups in total. The highest BCUT2D eigenvalue weighted by atomic mass is 19.1. The van der Waals surface area contributed by atoms with Crippen LogP contribution < -0.4 is 0 Å². The third-order valence-corrected chi connectivity index (χ3v) is 3.39. The van der Waals surface area contributed by atoms with Gasteiger partial charge < -0.3 is 10.2 Å². The van der Waals surface area contributed by atoms with E-state index in [1.807, 2.05) is 0 Å². The van der Waals surface area contributed by atoms with Crippen molar-refractivity contribution in [2.45, 2.75) is 0 Å². The fourth-order valence-electron chi connectivity index (χ4n) is 2.54. The van der Waals surface area contributed by atoms with Crippen molar-refractivity contribution in [2.75, 3.05) is 0 Å². The highest BCUT2D eigenvalue weighted by Crippen LogP contribution is 2.31. The number of carboxylic acid groups (broad SMARTS) is 2. The maximum atomic E-state index is 13.4. The first-order chi connectivity index (χ1) is 9.99. The minimum absolute atomic E-state index is 0.107. The van der Waals surface area contributed by atoms with Gasteiger partial charge in [-0.05, 0) is 40.4 Å². The molecule has 0 aliphatic carbocycles. The second-order valence-corrected chi connectivity index (χ2v) is 4.63. The number of fused-ring (bicyclic) bond motifs is 2. The molecule has 0 bridgehead atoms. The van der Waals surface area contributed by atoms with Gasteiger partial charge in [-0.15, -0.1) is 0 Å². The summed E-state index contributed by atoms with van der Waals surface area (Å²) >= 11 is 0. The van der Waals surface area contributed by atoms with Gasteiger partial charge in [0.05, 0.1) is 11.1 Å². The largest absolute Gasteiger partial charge is 0.478 e. The smallest absolute Gasteiger partial charge is 0.336 e. The minimum atomic E-state index is -1.29. The second-order valence-electron chi connectivity index (χ2n) is 4.63. The lowest BCUT2D eigenvalue weighted by atomic mass is 9.93. The first-order valence-corrected chi connectivity index (χ1v) is 6.10. The van der Waals surface area contributed by atoms with Crippen LogP contribution in [0.25, 0.3) is 21.5 Å². The zero-order chi connectivity index (χ0) is 15.1. The number of carboxylic acids is 2. The van der Waals surface area contributed by atoms with Crippen molar-refractivity contribution in [2.24, 2.45) is 0 Å². The van der Waals surface area contributed by atoms with Crippen LogP contribution in [-0.4, -0.2) is 22.2 Å². The summed E-state index contributed by atoms with van der Waals surface area (Å²) in [6, 6.07) is 10.00. The van der Waals surface area contributed by atoms with Gasteiger partial charge >= 0.3 is 11.9 Å². The van der Waals surface area contributed by atoms with E-state index in [1.54, 1.807) is 18.2 Å². The average molecular weight is 284 g/mol. The maximum Gasteiger partial charge on any atom is 0.336 e. The molecular formula is C16H9FO4. The topological polar surface area (TPSA) is 74.6 Å². The minimum Gasteiger partial charge on any atom is -0.478 e. The van der Waals surface area contributed by atoms with Gasteiger partial charge in [0, 0.05) is 5.39 Å². The summed E-state index contributed by atoms with van der Waals surface area (Å²) in [6.07, 6.45) is 0. The zero-order valence-electron chi connectivity index (χ0n) is 10.6. The van der Waals surface area contributed by atoms with Gasteiger partial charge in [-0.25, -0.2) is 14.0 Å². The van der Waals surface area contributed by atoms with E-state index in [-0.39, 0.29) is 21.9 Å². The highest BCUT2D eigenvalue weighted by molar-refractivity contribution is 6.20. The van der Waals surface area contributed by atoms with E-state index >= 15 is 0 Å². The predicted octanol–water partition coefficient (Wildman–Crippen LogP) is 3.53. The van der Waals surface area contributed by atoms with Crippen molar-refractivity contribution >= 4 is 33.5 Å². The molecule has 0 saturated carbocycles. The highest BCUT2D eigenvalue weighted by Gasteiger charge is 2.19. The van der Waals surface area contributed by atoms with Crippen LogP contribution >= 0.6 is 0 Å². The molecule has 0 saturated heterocycles. The third-order valence-electron chi connectivity index (χ3n) is 3.39. The number of rotatable bonds is 2. The van der Waals surface area contributed by atoms with Crippen LogP contribution in [0.4, 0.5) is 4.39 Å². The van der Waals surface area contributed by atoms with Crippen molar-refractivity contribution in [1.29, 1.82) is 0 Å². The fourth-order valence-corrected chi connectivity index (χ4v) is 2.54. The van der Waals surface area contributed by atoms with Gasteiger partial charge in [-0.1, -0.05) is 18.2 Å². The monoisotopic (exact) mass is 284 g/mol. The number of benzene rings is 3. The molecule has 21 heavy (non-hydrogen) atoms. The Bertz CT molecular complexity index is 915.